The largest absolute Gasteiger partial charge is 0.388 e. The summed E-state index contributed by atoms with van der Waals surface area (Å²) in [6.45, 7) is 0. The molecule has 0 bridgehead atoms. The Kier molecular flexibility index (Phi) is 11.7. The lowest BCUT2D eigenvalue weighted by atomic mass is 9.77. The van der Waals surface area contributed by atoms with Crippen molar-refractivity contribution in [2.24, 2.45) is 5.73 Å². The third-order valence-electron chi connectivity index (χ3n) is 8.63. The van der Waals surface area contributed by atoms with Crippen LogP contribution in [0.25, 0.3) is 11.1 Å². The van der Waals surface area contributed by atoms with E-state index in [1.807, 2.05) is 73.2 Å². The Morgan fingerprint density at radius 3 is 1.90 bits per heavy atom. The molecule has 8 heteroatoms. The van der Waals surface area contributed by atoms with Crippen LogP contribution in [0.4, 0.5) is 0 Å². The van der Waals surface area contributed by atoms with E-state index >= 15 is 0 Å². The quantitative estimate of drug-likeness (QED) is 0.0693. The van der Waals surface area contributed by atoms with Crippen LogP contribution in [0, 0.1) is 0 Å². The molecule has 0 radical (unpaired) electrons. The number of nitrogens with two attached hydrogens (primary N) is 1. The van der Waals surface area contributed by atoms with Crippen molar-refractivity contribution in [2.45, 2.75) is 29.5 Å². The fraction of sp³-hybridized carbons (Fsp3) is 0.167. The van der Waals surface area contributed by atoms with Crippen LogP contribution in [0.1, 0.15) is 44.7 Å². The van der Waals surface area contributed by atoms with E-state index in [1.165, 1.54) is 0 Å². The molecule has 0 saturated heterocycles. The highest BCUT2D eigenvalue weighted by atomic mass is 32.2. The molecule has 0 aliphatic rings. The highest BCUT2D eigenvalue weighted by Gasteiger charge is 2.38. The molecule has 6 aromatic rings. The number of carbonyl (C=O) groups excluding carboxylic acids is 2. The number of nitrogens with zero attached hydrogens (tertiary/aromatic N) is 2. The first-order valence-electron chi connectivity index (χ1n) is 16.5. The van der Waals surface area contributed by atoms with Crippen LogP contribution < -0.4 is 5.73 Å². The molecule has 0 spiro atoms. The van der Waals surface area contributed by atoms with Gasteiger partial charge in [0.15, 0.2) is 0 Å². The Labute approximate surface area is 302 Å². The van der Waals surface area contributed by atoms with Crippen LogP contribution in [-0.2, 0) is 26.6 Å². The molecule has 2 N–H and O–H groups in total. The summed E-state index contributed by atoms with van der Waals surface area (Å²) in [5.41, 5.74) is 12.7. The van der Waals surface area contributed by atoms with E-state index < -0.39 is 23.5 Å². The third kappa shape index (κ3) is 7.78. The minimum absolute atomic E-state index is 0.327. The lowest BCUT2D eigenvalue weighted by Gasteiger charge is -2.37. The van der Waals surface area contributed by atoms with Gasteiger partial charge in [-0.3, -0.25) is 0 Å². The zero-order valence-corrected chi connectivity index (χ0v) is 29.5. The van der Waals surface area contributed by atoms with Crippen LogP contribution in [0.5, 0.6) is 0 Å². The summed E-state index contributed by atoms with van der Waals surface area (Å²) in [4.78, 5) is 30.6. The molecule has 0 amide bonds. The van der Waals surface area contributed by atoms with Gasteiger partial charge in [0, 0.05) is 17.7 Å². The zero-order chi connectivity index (χ0) is 34.8. The molecule has 0 fully saturated rings. The number of benzene rings is 5. The Morgan fingerprint density at radius 2 is 1.34 bits per heavy atom. The van der Waals surface area contributed by atoms with Gasteiger partial charge in [0.1, 0.15) is 11.6 Å². The predicted octanol–water partition coefficient (Wildman–Crippen LogP) is 8.59. The van der Waals surface area contributed by atoms with Gasteiger partial charge in [-0.2, -0.15) is 23.5 Å². The molecule has 5 aromatic carbocycles. The first kappa shape index (κ1) is 35.0. The van der Waals surface area contributed by atoms with Gasteiger partial charge in [-0.25, -0.2) is 14.6 Å². The number of ether oxygens (including phenoxy) is 1. The SMILES string of the molecule is CSCC[C@H](N)C(=O)OC(=O)c1ccc(CSCc2cn(C(c3ccccc3)(c3ccccc3)c3ccccc3)cn2)cc1-c1ccccc1. The fourth-order valence-corrected chi connectivity index (χ4v) is 7.55. The molecule has 0 aliphatic heterocycles. The first-order chi connectivity index (χ1) is 24.5. The maximum atomic E-state index is 13.2. The summed E-state index contributed by atoms with van der Waals surface area (Å²) in [6, 6.07) is 46.1. The average molecular weight is 698 g/mol. The van der Waals surface area contributed by atoms with Gasteiger partial charge in [-0.05, 0) is 63.9 Å². The molecular weight excluding hydrogens is 659 g/mol. The molecule has 1 aromatic heterocycles. The molecule has 0 aliphatic carbocycles. The molecule has 0 saturated carbocycles. The molecule has 6 nitrogen and oxygen atoms in total. The molecule has 1 atom stereocenters. The van der Waals surface area contributed by atoms with Crippen molar-refractivity contribution >= 4 is 35.5 Å². The first-order valence-corrected chi connectivity index (χ1v) is 19.0. The van der Waals surface area contributed by atoms with Crippen molar-refractivity contribution in [2.75, 3.05) is 12.0 Å². The number of rotatable bonds is 14. The summed E-state index contributed by atoms with van der Waals surface area (Å²) in [5.74, 6) is 0.686. The number of aromatic nitrogens is 2. The number of esters is 2. The maximum Gasteiger partial charge on any atom is 0.346 e. The number of imidazole rings is 1. The number of thioether (sulfide) groups is 2. The molecule has 0 unspecified atom stereocenters. The summed E-state index contributed by atoms with van der Waals surface area (Å²) in [7, 11) is 0. The van der Waals surface area contributed by atoms with Crippen LogP contribution >= 0.6 is 23.5 Å². The van der Waals surface area contributed by atoms with Crippen LogP contribution in [-0.4, -0.2) is 39.5 Å². The highest BCUT2D eigenvalue weighted by molar-refractivity contribution is 7.98. The van der Waals surface area contributed by atoms with E-state index in [4.69, 9.17) is 15.5 Å². The zero-order valence-electron chi connectivity index (χ0n) is 27.9. The van der Waals surface area contributed by atoms with Crippen LogP contribution in [0.3, 0.4) is 0 Å². The minimum atomic E-state index is -0.844. The van der Waals surface area contributed by atoms with E-state index in [0.29, 0.717) is 34.8 Å². The van der Waals surface area contributed by atoms with E-state index in [-0.39, 0.29) is 0 Å². The molecule has 1 heterocycles. The van der Waals surface area contributed by atoms with Crippen molar-refractivity contribution in [1.29, 1.82) is 0 Å². The molecular formula is C42H39N3O3S2. The van der Waals surface area contributed by atoms with E-state index in [2.05, 4.69) is 83.6 Å². The van der Waals surface area contributed by atoms with Crippen LogP contribution in [0.2, 0.25) is 0 Å². The van der Waals surface area contributed by atoms with Crippen molar-refractivity contribution in [3.8, 4) is 11.1 Å². The number of carbonyl (C=O) groups is 2. The van der Waals surface area contributed by atoms with Gasteiger partial charge in [0.2, 0.25) is 0 Å². The van der Waals surface area contributed by atoms with Gasteiger partial charge in [-0.1, -0.05) is 127 Å². The average Bonchev–Trinajstić information content (AvgIpc) is 3.64. The van der Waals surface area contributed by atoms with Gasteiger partial charge < -0.3 is 15.0 Å². The topological polar surface area (TPSA) is 87.2 Å². The second kappa shape index (κ2) is 16.7. The van der Waals surface area contributed by atoms with Gasteiger partial charge in [0.25, 0.3) is 0 Å². The highest BCUT2D eigenvalue weighted by Crippen LogP contribution is 2.41. The lowest BCUT2D eigenvalue weighted by molar-refractivity contribution is -0.139. The van der Waals surface area contributed by atoms with Crippen molar-refractivity contribution < 1.29 is 14.3 Å². The number of hydrogen-bond acceptors (Lipinski definition) is 7. The maximum absolute atomic E-state index is 13.2. The summed E-state index contributed by atoms with van der Waals surface area (Å²) in [6.07, 6.45) is 6.47. The molecule has 50 heavy (non-hydrogen) atoms. The van der Waals surface area contributed by atoms with Gasteiger partial charge in [-0.15, -0.1) is 0 Å². The van der Waals surface area contributed by atoms with E-state index in [1.54, 1.807) is 29.6 Å². The van der Waals surface area contributed by atoms with Crippen LogP contribution in [0.15, 0.2) is 152 Å². The smallest absolute Gasteiger partial charge is 0.346 e. The Balaban J connectivity index is 1.24. The van der Waals surface area contributed by atoms with Gasteiger partial charge >= 0.3 is 11.9 Å². The predicted molar refractivity (Wildman–Crippen MR) is 205 cm³/mol. The molecule has 252 valence electrons. The Hall–Kier alpha value is -4.89. The van der Waals surface area contributed by atoms with Crippen molar-refractivity contribution in [1.82, 2.24) is 9.55 Å². The van der Waals surface area contributed by atoms with Crippen molar-refractivity contribution in [3.05, 3.63) is 186 Å². The Morgan fingerprint density at radius 1 is 0.780 bits per heavy atom. The second-order valence-corrected chi connectivity index (χ2v) is 13.9. The van der Waals surface area contributed by atoms with Crippen molar-refractivity contribution in [3.63, 3.8) is 0 Å². The summed E-state index contributed by atoms with van der Waals surface area (Å²) < 4.78 is 7.46. The minimum Gasteiger partial charge on any atom is -0.388 e. The standard InChI is InChI=1S/C42H39N3O3S2/c1-49-25-24-39(43)41(47)48-40(46)37-23-22-31(26-38(37)32-14-6-2-7-15-32)28-50-29-36-27-45(30-44-36)42(33-16-8-3-9-17-33,34-18-10-4-11-19-34)35-20-12-5-13-21-35/h2-23,26-27,30,39H,24-25,28-29,43H2,1H3/t39-/m0/s1. The summed E-state index contributed by atoms with van der Waals surface area (Å²) >= 11 is 3.33. The molecule has 6 rings (SSSR count). The lowest BCUT2D eigenvalue weighted by Crippen LogP contribution is -2.36. The third-order valence-corrected chi connectivity index (χ3v) is 10.3. The second-order valence-electron chi connectivity index (χ2n) is 11.9. The van der Waals surface area contributed by atoms with E-state index in [9.17, 15) is 9.59 Å². The normalized spacial score (nSPS) is 12.0. The fourth-order valence-electron chi connectivity index (χ4n) is 6.18. The summed E-state index contributed by atoms with van der Waals surface area (Å²) in [5, 5.41) is 0. The Bertz CT molecular complexity index is 1910. The number of hydrogen-bond donors (Lipinski definition) is 1. The monoisotopic (exact) mass is 697 g/mol. The van der Waals surface area contributed by atoms with Gasteiger partial charge in [0.05, 0.1) is 17.6 Å². The van der Waals surface area contributed by atoms with E-state index in [0.717, 1.165) is 33.5 Å².